The third-order valence-corrected chi connectivity index (χ3v) is 10.2. The zero-order valence-electron chi connectivity index (χ0n) is 37.3. The first-order valence-corrected chi connectivity index (χ1v) is 19.3. The van der Waals surface area contributed by atoms with Gasteiger partial charge >= 0.3 is 0 Å². The van der Waals surface area contributed by atoms with Crippen molar-refractivity contribution in [1.29, 1.82) is 0 Å². The van der Waals surface area contributed by atoms with Crippen molar-refractivity contribution in [2.75, 3.05) is 0 Å². The number of rotatable bonds is 5. The molecular weight excluding hydrogens is 884 g/mol. The first-order chi connectivity index (χ1) is 27.8. The number of imidazole rings is 1. The van der Waals surface area contributed by atoms with E-state index in [1.165, 1.54) is 22.9 Å². The molecule has 0 amide bonds. The summed E-state index contributed by atoms with van der Waals surface area (Å²) < 4.78 is 44.7. The molecule has 0 unspecified atom stereocenters. The number of fused-ring (bicyclic) bond motifs is 4. The van der Waals surface area contributed by atoms with Crippen LogP contribution in [-0.4, -0.2) is 19.5 Å². The van der Waals surface area contributed by atoms with Gasteiger partial charge in [-0.3, -0.25) is 14.4 Å². The van der Waals surface area contributed by atoms with Crippen LogP contribution in [0.15, 0.2) is 102 Å². The third-order valence-electron chi connectivity index (χ3n) is 10.2. The van der Waals surface area contributed by atoms with Crippen LogP contribution in [0, 0.1) is 24.8 Å². The van der Waals surface area contributed by atoms with Gasteiger partial charge in [-0.2, -0.15) is 0 Å². The molecular formula is C50H51FIrN4O-2. The molecule has 7 heteroatoms. The summed E-state index contributed by atoms with van der Waals surface area (Å²) in [6.07, 6.45) is 3.59. The number of aromatic nitrogens is 4. The molecule has 0 N–H and O–H groups in total. The fourth-order valence-electron chi connectivity index (χ4n) is 7.24. The second-order valence-electron chi connectivity index (χ2n) is 17.1. The van der Waals surface area contributed by atoms with Gasteiger partial charge < -0.3 is 14.0 Å². The van der Waals surface area contributed by atoms with Crippen molar-refractivity contribution in [3.05, 3.63) is 143 Å². The van der Waals surface area contributed by atoms with Gasteiger partial charge in [-0.1, -0.05) is 141 Å². The van der Waals surface area contributed by atoms with E-state index in [2.05, 4.69) is 127 Å². The molecule has 295 valence electrons. The Morgan fingerprint density at radius 3 is 2.12 bits per heavy atom. The SMILES string of the molecule is CC(C)c1cccc(C(C)C)c1-n1c(-c2[c-]ccc3c2oc2ccccc23)nc2ccnc(C(C)(C)C)c21.[2H]C([2H])([2H])c1c[c-]c(-c2ccc(C(C)(C)C)cn2)c(F)c1.[Ir]. The van der Waals surface area contributed by atoms with Crippen molar-refractivity contribution in [2.45, 2.75) is 98.8 Å². The van der Waals surface area contributed by atoms with E-state index in [1.54, 1.807) is 12.3 Å². The quantitative estimate of drug-likeness (QED) is 0.161. The van der Waals surface area contributed by atoms with Crippen LogP contribution in [0.25, 0.3) is 61.3 Å². The zero-order valence-corrected chi connectivity index (χ0v) is 36.7. The van der Waals surface area contributed by atoms with Gasteiger partial charge in [-0.05, 0) is 51.8 Å². The molecule has 0 aliphatic heterocycles. The number of hydrogen-bond donors (Lipinski definition) is 0. The number of benzene rings is 4. The Bertz CT molecular complexity index is 2780. The molecule has 0 aliphatic carbocycles. The summed E-state index contributed by atoms with van der Waals surface area (Å²) in [6.45, 7) is 19.6. The summed E-state index contributed by atoms with van der Waals surface area (Å²) in [5.74, 6) is 0.863. The van der Waals surface area contributed by atoms with E-state index in [9.17, 15) is 4.39 Å². The van der Waals surface area contributed by atoms with Gasteiger partial charge in [-0.15, -0.1) is 42.0 Å². The van der Waals surface area contributed by atoms with Crippen LogP contribution < -0.4 is 0 Å². The normalized spacial score (nSPS) is 13.0. The van der Waals surface area contributed by atoms with Crippen molar-refractivity contribution in [3.63, 3.8) is 0 Å². The second-order valence-corrected chi connectivity index (χ2v) is 17.1. The average molecular weight is 938 g/mol. The van der Waals surface area contributed by atoms with Gasteiger partial charge in [0.2, 0.25) is 0 Å². The molecule has 0 aliphatic rings. The minimum absolute atomic E-state index is 0. The smallest absolute Gasteiger partial charge is 0.120 e. The van der Waals surface area contributed by atoms with E-state index in [0.29, 0.717) is 17.5 Å². The van der Waals surface area contributed by atoms with Crippen LogP contribution in [0.3, 0.4) is 0 Å². The van der Waals surface area contributed by atoms with Gasteiger partial charge in [0.25, 0.3) is 0 Å². The van der Waals surface area contributed by atoms with Crippen molar-refractivity contribution in [1.82, 2.24) is 19.5 Å². The maximum absolute atomic E-state index is 14.1. The van der Waals surface area contributed by atoms with Crippen LogP contribution in [0.1, 0.15) is 113 Å². The molecule has 0 saturated carbocycles. The topological polar surface area (TPSA) is 56.7 Å². The number of halogens is 1. The molecule has 0 bridgehead atoms. The summed E-state index contributed by atoms with van der Waals surface area (Å²) in [5, 5.41) is 2.17. The van der Waals surface area contributed by atoms with Gasteiger partial charge in [0.05, 0.1) is 28.1 Å². The van der Waals surface area contributed by atoms with Crippen LogP contribution in [-0.2, 0) is 30.9 Å². The first kappa shape index (κ1) is 37.6. The van der Waals surface area contributed by atoms with E-state index in [1.807, 2.05) is 36.5 Å². The first-order valence-electron chi connectivity index (χ1n) is 20.8. The molecule has 8 rings (SSSR count). The van der Waals surface area contributed by atoms with Gasteiger partial charge in [0.15, 0.2) is 0 Å². The molecule has 0 saturated heterocycles. The molecule has 1 radical (unpaired) electrons. The van der Waals surface area contributed by atoms with Crippen molar-refractivity contribution in [3.8, 4) is 28.3 Å². The number of nitrogens with zero attached hydrogens (tertiary/aromatic N) is 4. The summed E-state index contributed by atoms with van der Waals surface area (Å²) >= 11 is 0. The molecule has 57 heavy (non-hydrogen) atoms. The van der Waals surface area contributed by atoms with Crippen LogP contribution in [0.5, 0.6) is 0 Å². The Kier molecular flexibility index (Phi) is 10.6. The largest absolute Gasteiger partial charge is 0.501 e. The second kappa shape index (κ2) is 16.1. The Hall–Kier alpha value is -4.97. The monoisotopic (exact) mass is 938 g/mol. The molecule has 0 spiro atoms. The summed E-state index contributed by atoms with van der Waals surface area (Å²) in [6, 6.07) is 33.1. The average Bonchev–Trinajstić information content (AvgIpc) is 3.75. The predicted molar refractivity (Wildman–Crippen MR) is 229 cm³/mol. The van der Waals surface area contributed by atoms with Crippen LogP contribution in [0.4, 0.5) is 4.39 Å². The number of hydrogen-bond acceptors (Lipinski definition) is 4. The van der Waals surface area contributed by atoms with Crippen molar-refractivity contribution >= 4 is 33.0 Å². The molecule has 4 heterocycles. The van der Waals surface area contributed by atoms with Gasteiger partial charge in [0.1, 0.15) is 5.58 Å². The van der Waals surface area contributed by atoms with E-state index < -0.39 is 12.7 Å². The standard InChI is InChI=1S/C34H34N3O.C16H17FN.Ir/c1-20(2)22-13-10-14-23(21(3)4)29(22)37-30-27(18-19-35-32(30)34(5,6)7)36-33(37)26-16-11-15-25-24-12-8-9-17-28(24)38-31(25)26;1-11-5-7-13(14(17)9-11)15-8-6-12(10-18-15)16(2,3)4;/h8-15,17-21H,1-7H3;5-6,8-10H,1-4H3;/q2*-1;/i;1D3;. The van der Waals surface area contributed by atoms with Crippen LogP contribution >= 0.6 is 0 Å². The maximum atomic E-state index is 14.1. The van der Waals surface area contributed by atoms with Gasteiger partial charge in [0, 0.05) is 58.9 Å². The Balaban J connectivity index is 0.000000234. The van der Waals surface area contributed by atoms with E-state index in [0.717, 1.165) is 61.7 Å². The van der Waals surface area contributed by atoms with E-state index >= 15 is 0 Å². The molecule has 0 fully saturated rings. The molecule has 0 atom stereocenters. The Morgan fingerprint density at radius 2 is 1.51 bits per heavy atom. The Morgan fingerprint density at radius 1 is 0.789 bits per heavy atom. The molecule has 8 aromatic rings. The third kappa shape index (κ3) is 8.10. The summed E-state index contributed by atoms with van der Waals surface area (Å²) in [4.78, 5) is 14.5. The van der Waals surface area contributed by atoms with E-state index in [4.69, 9.17) is 18.5 Å². The minimum Gasteiger partial charge on any atom is -0.501 e. The number of aryl methyl sites for hydroxylation is 1. The summed E-state index contributed by atoms with van der Waals surface area (Å²) in [7, 11) is 0. The fraction of sp³-hybridized carbons (Fsp3) is 0.300. The fourth-order valence-corrected chi connectivity index (χ4v) is 7.24. The molecule has 4 aromatic heterocycles. The molecule has 4 aromatic carbocycles. The Labute approximate surface area is 354 Å². The van der Waals surface area contributed by atoms with Gasteiger partial charge in [-0.25, -0.2) is 0 Å². The maximum Gasteiger partial charge on any atom is 0.120 e. The summed E-state index contributed by atoms with van der Waals surface area (Å²) in [5.41, 5.74) is 10.7. The van der Waals surface area contributed by atoms with Crippen molar-refractivity contribution in [2.24, 2.45) is 0 Å². The van der Waals surface area contributed by atoms with Crippen LogP contribution in [0.2, 0.25) is 0 Å². The number of pyridine rings is 2. The number of para-hydroxylation sites is 2. The minimum atomic E-state index is -2.33. The predicted octanol–water partition coefficient (Wildman–Crippen LogP) is 13.6. The number of furan rings is 1. The molecule has 5 nitrogen and oxygen atoms in total. The zero-order chi connectivity index (χ0) is 42.6. The van der Waals surface area contributed by atoms with E-state index in [-0.39, 0.29) is 42.1 Å². The van der Waals surface area contributed by atoms with Crippen molar-refractivity contribution < 1.29 is 33.0 Å².